The highest BCUT2D eigenvalue weighted by Crippen LogP contribution is 2.31. The molecule has 0 radical (unpaired) electrons. The first-order valence-electron chi connectivity index (χ1n) is 8.31. The molecule has 1 fully saturated rings. The highest BCUT2D eigenvalue weighted by molar-refractivity contribution is 5.79. The lowest BCUT2D eigenvalue weighted by Gasteiger charge is -2.25. The van der Waals surface area contributed by atoms with Gasteiger partial charge in [-0.05, 0) is 37.5 Å². The number of carbonyl (C=O) groups is 1. The van der Waals surface area contributed by atoms with Crippen molar-refractivity contribution >= 4 is 16.9 Å². The molecule has 0 unspecified atom stereocenters. The molecule has 1 heterocycles. The zero-order chi connectivity index (χ0) is 18.2. The largest absolute Gasteiger partial charge is 0.416 e. The first-order valence-corrected chi connectivity index (χ1v) is 8.31. The Bertz CT molecular complexity index is 784. The van der Waals surface area contributed by atoms with Crippen molar-refractivity contribution in [2.45, 2.75) is 44.4 Å². The predicted molar refractivity (Wildman–Crippen MR) is 87.5 cm³/mol. The van der Waals surface area contributed by atoms with Gasteiger partial charge in [-0.3, -0.25) is 4.79 Å². The van der Waals surface area contributed by atoms with Crippen LogP contribution < -0.4 is 11.1 Å². The highest BCUT2D eigenvalue weighted by Gasteiger charge is 2.31. The van der Waals surface area contributed by atoms with Gasteiger partial charge in [-0.25, -0.2) is 4.98 Å². The smallest absolute Gasteiger partial charge is 0.349 e. The third-order valence-corrected chi connectivity index (χ3v) is 4.81. The van der Waals surface area contributed by atoms with Crippen molar-refractivity contribution < 1.29 is 18.0 Å². The van der Waals surface area contributed by atoms with Gasteiger partial charge in [-0.2, -0.15) is 13.2 Å². The molecule has 25 heavy (non-hydrogen) atoms. The number of hydrogen-bond donors (Lipinski definition) is 2. The summed E-state index contributed by atoms with van der Waals surface area (Å²) in [5.41, 5.74) is 6.03. The predicted octanol–water partition coefficient (Wildman–Crippen LogP) is 2.73. The standard InChI is InChI=1S/C17H21F3N4O/c1-24-14-6-5-11(17(18,19)20)8-13(14)23-15(24)9-22-16(25)10-3-2-4-12(21)7-10/h5-6,8,10,12H,2-4,7,9,21H2,1H3,(H,22,25)/t10-,12+/m0/s1. The number of fused-ring (bicyclic) bond motifs is 1. The van der Waals surface area contributed by atoms with E-state index in [9.17, 15) is 18.0 Å². The molecule has 1 aliphatic carbocycles. The summed E-state index contributed by atoms with van der Waals surface area (Å²) in [6, 6.07) is 3.52. The van der Waals surface area contributed by atoms with Gasteiger partial charge in [0, 0.05) is 19.0 Å². The lowest BCUT2D eigenvalue weighted by molar-refractivity contribution is -0.137. The van der Waals surface area contributed by atoms with Gasteiger partial charge in [-0.15, -0.1) is 0 Å². The molecule has 2 aromatic rings. The third-order valence-electron chi connectivity index (χ3n) is 4.81. The molecule has 0 saturated heterocycles. The Balaban J connectivity index is 1.73. The molecule has 0 spiro atoms. The summed E-state index contributed by atoms with van der Waals surface area (Å²) in [5.74, 6) is 0.344. The average molecular weight is 354 g/mol. The van der Waals surface area contributed by atoms with E-state index in [-0.39, 0.29) is 29.9 Å². The second kappa shape index (κ2) is 6.67. The summed E-state index contributed by atoms with van der Waals surface area (Å²) in [7, 11) is 1.72. The number of rotatable bonds is 3. The van der Waals surface area contributed by atoms with E-state index < -0.39 is 11.7 Å². The van der Waals surface area contributed by atoms with Crippen molar-refractivity contribution in [3.63, 3.8) is 0 Å². The lowest BCUT2D eigenvalue weighted by atomic mass is 9.85. The van der Waals surface area contributed by atoms with Crippen LogP contribution in [-0.2, 0) is 24.6 Å². The van der Waals surface area contributed by atoms with Gasteiger partial charge >= 0.3 is 6.18 Å². The fourth-order valence-corrected chi connectivity index (χ4v) is 3.36. The topological polar surface area (TPSA) is 72.9 Å². The summed E-state index contributed by atoms with van der Waals surface area (Å²) < 4.78 is 40.1. The van der Waals surface area contributed by atoms with Crippen LogP contribution in [0.4, 0.5) is 13.2 Å². The molecule has 0 bridgehead atoms. The van der Waals surface area contributed by atoms with Gasteiger partial charge in [0.1, 0.15) is 5.82 Å². The van der Waals surface area contributed by atoms with Crippen LogP contribution in [0, 0.1) is 5.92 Å². The van der Waals surface area contributed by atoms with Crippen LogP contribution in [0.1, 0.15) is 37.1 Å². The van der Waals surface area contributed by atoms with Gasteiger partial charge < -0.3 is 15.6 Å². The Morgan fingerprint density at radius 3 is 2.84 bits per heavy atom. The van der Waals surface area contributed by atoms with Crippen molar-refractivity contribution in [2.75, 3.05) is 0 Å². The van der Waals surface area contributed by atoms with Crippen LogP contribution in [-0.4, -0.2) is 21.5 Å². The van der Waals surface area contributed by atoms with E-state index in [1.807, 2.05) is 0 Å². The van der Waals surface area contributed by atoms with E-state index in [4.69, 9.17) is 5.73 Å². The van der Waals surface area contributed by atoms with E-state index in [1.54, 1.807) is 11.6 Å². The van der Waals surface area contributed by atoms with Gasteiger partial charge in [0.15, 0.2) is 0 Å². The van der Waals surface area contributed by atoms with Crippen molar-refractivity contribution in [2.24, 2.45) is 18.7 Å². The van der Waals surface area contributed by atoms with Crippen molar-refractivity contribution in [1.29, 1.82) is 0 Å². The highest BCUT2D eigenvalue weighted by atomic mass is 19.4. The van der Waals surface area contributed by atoms with Crippen LogP contribution in [0.2, 0.25) is 0 Å². The van der Waals surface area contributed by atoms with Gasteiger partial charge in [0.25, 0.3) is 0 Å². The number of amides is 1. The number of nitrogens with zero attached hydrogens (tertiary/aromatic N) is 2. The Labute approximate surface area is 143 Å². The lowest BCUT2D eigenvalue weighted by Crippen LogP contribution is -2.37. The molecule has 1 aliphatic rings. The molecule has 1 saturated carbocycles. The minimum absolute atomic E-state index is 0.0565. The normalized spacial score (nSPS) is 21.5. The molecule has 8 heteroatoms. The molecule has 5 nitrogen and oxygen atoms in total. The minimum Gasteiger partial charge on any atom is -0.349 e. The van der Waals surface area contributed by atoms with Crippen LogP contribution in [0.3, 0.4) is 0 Å². The number of carbonyl (C=O) groups excluding carboxylic acids is 1. The quantitative estimate of drug-likeness (QED) is 0.890. The van der Waals surface area contributed by atoms with Gasteiger partial charge in [-0.1, -0.05) is 6.42 Å². The van der Waals surface area contributed by atoms with E-state index in [0.717, 1.165) is 31.4 Å². The molecule has 136 valence electrons. The van der Waals surface area contributed by atoms with Crippen LogP contribution in [0.15, 0.2) is 18.2 Å². The maximum Gasteiger partial charge on any atom is 0.416 e. The maximum absolute atomic E-state index is 12.8. The Morgan fingerprint density at radius 1 is 1.40 bits per heavy atom. The second-order valence-corrected chi connectivity index (χ2v) is 6.63. The summed E-state index contributed by atoms with van der Waals surface area (Å²) in [6.07, 6.45) is -1.04. The first kappa shape index (κ1) is 17.7. The van der Waals surface area contributed by atoms with E-state index in [1.165, 1.54) is 6.07 Å². The van der Waals surface area contributed by atoms with Gasteiger partial charge in [0.2, 0.25) is 5.91 Å². The second-order valence-electron chi connectivity index (χ2n) is 6.63. The van der Waals surface area contributed by atoms with Crippen LogP contribution in [0.5, 0.6) is 0 Å². The summed E-state index contributed by atoms with van der Waals surface area (Å²) in [6.45, 7) is 0.178. The van der Waals surface area contributed by atoms with E-state index in [2.05, 4.69) is 10.3 Å². The number of imidazole rings is 1. The Morgan fingerprint density at radius 2 is 2.16 bits per heavy atom. The number of aryl methyl sites for hydroxylation is 1. The monoisotopic (exact) mass is 354 g/mol. The average Bonchev–Trinajstić information content (AvgIpc) is 2.87. The van der Waals surface area contributed by atoms with Crippen molar-refractivity contribution in [3.8, 4) is 0 Å². The first-order chi connectivity index (χ1) is 11.8. The minimum atomic E-state index is -4.40. The molecular formula is C17H21F3N4O. The molecule has 3 N–H and O–H groups in total. The maximum atomic E-state index is 12.8. The molecule has 0 aliphatic heterocycles. The zero-order valence-electron chi connectivity index (χ0n) is 13.9. The number of alkyl halides is 3. The number of benzene rings is 1. The van der Waals surface area contributed by atoms with Crippen molar-refractivity contribution in [3.05, 3.63) is 29.6 Å². The van der Waals surface area contributed by atoms with Gasteiger partial charge in [0.05, 0.1) is 23.1 Å². The van der Waals surface area contributed by atoms with Crippen molar-refractivity contribution in [1.82, 2.24) is 14.9 Å². The Kier molecular flexibility index (Phi) is 4.73. The number of halogens is 3. The summed E-state index contributed by atoms with van der Waals surface area (Å²) in [4.78, 5) is 16.5. The van der Waals surface area contributed by atoms with E-state index in [0.29, 0.717) is 17.8 Å². The summed E-state index contributed by atoms with van der Waals surface area (Å²) in [5, 5.41) is 2.84. The summed E-state index contributed by atoms with van der Waals surface area (Å²) >= 11 is 0. The Hall–Kier alpha value is -2.09. The molecule has 3 rings (SSSR count). The molecular weight excluding hydrogens is 333 g/mol. The van der Waals surface area contributed by atoms with Crippen LogP contribution >= 0.6 is 0 Å². The fraction of sp³-hybridized carbons (Fsp3) is 0.529. The number of hydrogen-bond acceptors (Lipinski definition) is 3. The SMILES string of the molecule is Cn1c(CNC(=O)[C@H]2CCC[C@@H](N)C2)nc2cc(C(F)(F)F)ccc21. The zero-order valence-corrected chi connectivity index (χ0v) is 13.9. The fourth-order valence-electron chi connectivity index (χ4n) is 3.36. The van der Waals surface area contributed by atoms with E-state index >= 15 is 0 Å². The molecule has 1 aromatic carbocycles. The van der Waals surface area contributed by atoms with Crippen LogP contribution in [0.25, 0.3) is 11.0 Å². The number of nitrogens with one attached hydrogen (secondary N) is 1. The third kappa shape index (κ3) is 3.78. The molecule has 1 aromatic heterocycles. The number of aromatic nitrogens is 2. The number of nitrogens with two attached hydrogens (primary N) is 1. The molecule has 1 amide bonds. The molecule has 2 atom stereocenters.